The maximum absolute atomic E-state index is 12.4. The molecule has 0 atom stereocenters. The van der Waals surface area contributed by atoms with Crippen molar-refractivity contribution in [3.63, 3.8) is 0 Å². The predicted molar refractivity (Wildman–Crippen MR) is 109 cm³/mol. The molecule has 7 heteroatoms. The Hall–Kier alpha value is -4.18. The molecular formula is C22H17N3O4. The van der Waals surface area contributed by atoms with Crippen molar-refractivity contribution in [1.29, 1.82) is 5.26 Å². The van der Waals surface area contributed by atoms with Crippen LogP contribution in [0.2, 0.25) is 0 Å². The molecule has 0 aliphatic rings. The Morgan fingerprint density at radius 2 is 1.90 bits per heavy atom. The number of furan rings is 1. The van der Waals surface area contributed by atoms with Crippen molar-refractivity contribution in [2.75, 3.05) is 5.32 Å². The number of nitro benzene ring substituents is 1. The Labute approximate surface area is 167 Å². The number of para-hydroxylation sites is 1. The molecule has 0 saturated heterocycles. The fourth-order valence-electron chi connectivity index (χ4n) is 2.73. The van der Waals surface area contributed by atoms with Crippen molar-refractivity contribution >= 4 is 23.4 Å². The molecule has 0 fully saturated rings. The number of anilines is 1. The Morgan fingerprint density at radius 1 is 1.17 bits per heavy atom. The minimum absolute atomic E-state index is 0.0915. The quantitative estimate of drug-likeness (QED) is 0.278. The molecule has 0 aliphatic carbocycles. The van der Waals surface area contributed by atoms with E-state index in [0.29, 0.717) is 11.3 Å². The van der Waals surface area contributed by atoms with Gasteiger partial charge in [0.2, 0.25) is 0 Å². The van der Waals surface area contributed by atoms with Crippen molar-refractivity contribution in [1.82, 2.24) is 0 Å². The summed E-state index contributed by atoms with van der Waals surface area (Å²) in [6.07, 6.45) is 2.19. The maximum Gasteiger partial charge on any atom is 0.280 e. The number of rotatable bonds is 6. The number of amides is 1. The van der Waals surface area contributed by atoms with Crippen LogP contribution in [0.25, 0.3) is 17.4 Å². The fourth-order valence-corrected chi connectivity index (χ4v) is 2.73. The van der Waals surface area contributed by atoms with Crippen LogP contribution in [0.5, 0.6) is 0 Å². The van der Waals surface area contributed by atoms with Gasteiger partial charge in [0.25, 0.3) is 11.6 Å². The number of carbonyl (C=O) groups excluding carboxylic acids is 1. The van der Waals surface area contributed by atoms with E-state index < -0.39 is 10.8 Å². The molecule has 3 rings (SSSR count). The number of nitrogens with zero attached hydrogens (tertiary/aromatic N) is 2. The summed E-state index contributed by atoms with van der Waals surface area (Å²) in [7, 11) is 0. The normalized spacial score (nSPS) is 11.0. The molecule has 1 aromatic heterocycles. The molecule has 1 N–H and O–H groups in total. The van der Waals surface area contributed by atoms with E-state index >= 15 is 0 Å². The maximum atomic E-state index is 12.4. The van der Waals surface area contributed by atoms with E-state index in [9.17, 15) is 20.2 Å². The lowest BCUT2D eigenvalue weighted by Crippen LogP contribution is -2.13. The van der Waals surface area contributed by atoms with Gasteiger partial charge < -0.3 is 9.73 Å². The van der Waals surface area contributed by atoms with Crippen molar-refractivity contribution in [3.05, 3.63) is 87.7 Å². The van der Waals surface area contributed by atoms with Gasteiger partial charge in [-0.05, 0) is 42.3 Å². The average Bonchev–Trinajstić information content (AvgIpc) is 3.21. The number of nitro groups is 1. The third-order valence-electron chi connectivity index (χ3n) is 4.26. The van der Waals surface area contributed by atoms with E-state index in [1.807, 2.05) is 25.1 Å². The summed E-state index contributed by atoms with van der Waals surface area (Å²) < 4.78 is 5.61. The Balaban J connectivity index is 1.82. The van der Waals surface area contributed by atoms with Crippen LogP contribution >= 0.6 is 0 Å². The minimum atomic E-state index is -0.569. The number of hydrogen-bond donors (Lipinski definition) is 1. The highest BCUT2D eigenvalue weighted by atomic mass is 16.6. The molecule has 7 nitrogen and oxygen atoms in total. The number of nitriles is 1. The first-order valence-corrected chi connectivity index (χ1v) is 8.87. The van der Waals surface area contributed by atoms with Crippen molar-refractivity contribution in [2.45, 2.75) is 13.3 Å². The number of hydrogen-bond acceptors (Lipinski definition) is 5. The number of aryl methyl sites for hydroxylation is 1. The van der Waals surface area contributed by atoms with Gasteiger partial charge in [0, 0.05) is 17.8 Å². The molecule has 0 unspecified atom stereocenters. The van der Waals surface area contributed by atoms with Gasteiger partial charge >= 0.3 is 0 Å². The topological polar surface area (TPSA) is 109 Å². The smallest absolute Gasteiger partial charge is 0.280 e. The summed E-state index contributed by atoms with van der Waals surface area (Å²) in [5.41, 5.74) is 1.79. The van der Waals surface area contributed by atoms with E-state index in [-0.39, 0.29) is 22.8 Å². The van der Waals surface area contributed by atoms with E-state index in [4.69, 9.17) is 4.42 Å². The van der Waals surface area contributed by atoms with E-state index in [1.54, 1.807) is 42.5 Å². The highest BCUT2D eigenvalue weighted by Gasteiger charge is 2.17. The van der Waals surface area contributed by atoms with Crippen LogP contribution in [0.4, 0.5) is 11.4 Å². The molecule has 1 heterocycles. The third-order valence-corrected chi connectivity index (χ3v) is 4.26. The van der Waals surface area contributed by atoms with Crippen molar-refractivity contribution in [2.24, 2.45) is 0 Å². The number of carbonyl (C=O) groups is 1. The Kier molecular flexibility index (Phi) is 5.85. The standard InChI is InChI=1S/C22H17N3O4/c1-2-15-7-9-17(10-8-15)24-22(26)16(14-23)13-18-11-12-21(29-18)19-5-3-4-6-20(19)25(27)28/h3-13H,2H2,1H3,(H,24,26)/b16-13+. The molecule has 3 aromatic rings. The van der Waals surface area contributed by atoms with Crippen LogP contribution in [0.15, 0.2) is 70.7 Å². The molecule has 0 radical (unpaired) electrons. The van der Waals surface area contributed by atoms with Gasteiger partial charge in [-0.3, -0.25) is 14.9 Å². The zero-order valence-corrected chi connectivity index (χ0v) is 15.6. The molecule has 29 heavy (non-hydrogen) atoms. The molecule has 0 saturated carbocycles. The van der Waals surface area contributed by atoms with Gasteiger partial charge in [0.1, 0.15) is 23.2 Å². The number of nitrogens with one attached hydrogen (secondary N) is 1. The zero-order valence-electron chi connectivity index (χ0n) is 15.6. The minimum Gasteiger partial charge on any atom is -0.456 e. The summed E-state index contributed by atoms with van der Waals surface area (Å²) in [6, 6.07) is 18.5. The molecule has 2 aromatic carbocycles. The molecular weight excluding hydrogens is 370 g/mol. The van der Waals surface area contributed by atoms with Crippen LogP contribution in [0, 0.1) is 21.4 Å². The van der Waals surface area contributed by atoms with Crippen LogP contribution in [-0.2, 0) is 11.2 Å². The van der Waals surface area contributed by atoms with Crippen LogP contribution in [0.3, 0.4) is 0 Å². The summed E-state index contributed by atoms with van der Waals surface area (Å²) in [6.45, 7) is 2.03. The lowest BCUT2D eigenvalue weighted by molar-refractivity contribution is -0.384. The van der Waals surface area contributed by atoms with Crippen LogP contribution in [-0.4, -0.2) is 10.8 Å². The van der Waals surface area contributed by atoms with Gasteiger partial charge in [0.15, 0.2) is 0 Å². The second-order valence-corrected chi connectivity index (χ2v) is 6.15. The summed E-state index contributed by atoms with van der Waals surface area (Å²) in [5, 5.41) is 23.2. The molecule has 0 aliphatic heterocycles. The molecule has 0 bridgehead atoms. The van der Waals surface area contributed by atoms with Gasteiger partial charge in [-0.15, -0.1) is 0 Å². The molecule has 1 amide bonds. The first-order valence-electron chi connectivity index (χ1n) is 8.87. The van der Waals surface area contributed by atoms with E-state index in [1.165, 1.54) is 12.1 Å². The van der Waals surface area contributed by atoms with E-state index in [2.05, 4.69) is 5.32 Å². The Morgan fingerprint density at radius 3 is 2.55 bits per heavy atom. The summed E-state index contributed by atoms with van der Waals surface area (Å²) in [5.74, 6) is -0.0528. The van der Waals surface area contributed by atoms with Crippen molar-refractivity contribution < 1.29 is 14.1 Å². The van der Waals surface area contributed by atoms with Crippen LogP contribution < -0.4 is 5.32 Å². The molecule has 144 valence electrons. The summed E-state index contributed by atoms with van der Waals surface area (Å²) >= 11 is 0. The first kappa shape index (κ1) is 19.6. The predicted octanol–water partition coefficient (Wildman–Crippen LogP) is 4.96. The van der Waals surface area contributed by atoms with Gasteiger partial charge in [-0.1, -0.05) is 31.2 Å². The largest absolute Gasteiger partial charge is 0.456 e. The second-order valence-electron chi connectivity index (χ2n) is 6.15. The highest BCUT2D eigenvalue weighted by Crippen LogP contribution is 2.31. The SMILES string of the molecule is CCc1ccc(NC(=O)/C(C#N)=C/c2ccc(-c3ccccc3[N+](=O)[O-])o2)cc1. The fraction of sp³-hybridized carbons (Fsp3) is 0.0909. The monoisotopic (exact) mass is 387 g/mol. The van der Waals surface area contributed by atoms with Gasteiger partial charge in [0.05, 0.1) is 10.5 Å². The third kappa shape index (κ3) is 4.57. The first-order chi connectivity index (χ1) is 14.0. The van der Waals surface area contributed by atoms with Gasteiger partial charge in [-0.2, -0.15) is 5.26 Å². The van der Waals surface area contributed by atoms with E-state index in [0.717, 1.165) is 12.0 Å². The second kappa shape index (κ2) is 8.67. The van der Waals surface area contributed by atoms with Gasteiger partial charge in [-0.25, -0.2) is 0 Å². The van der Waals surface area contributed by atoms with Crippen molar-refractivity contribution in [3.8, 4) is 17.4 Å². The molecule has 0 spiro atoms. The highest BCUT2D eigenvalue weighted by molar-refractivity contribution is 6.09. The lowest BCUT2D eigenvalue weighted by atomic mass is 10.1. The average molecular weight is 387 g/mol. The Bertz CT molecular complexity index is 1120. The number of benzene rings is 2. The van der Waals surface area contributed by atoms with Crippen LogP contribution in [0.1, 0.15) is 18.2 Å². The summed E-state index contributed by atoms with van der Waals surface area (Å²) in [4.78, 5) is 23.1. The lowest BCUT2D eigenvalue weighted by Gasteiger charge is -2.05. The zero-order chi connectivity index (χ0) is 20.8.